The number of anilines is 1. The Morgan fingerprint density at radius 3 is 2.86 bits per heavy atom. The van der Waals surface area contributed by atoms with Crippen LogP contribution in [0.2, 0.25) is 0 Å². The fourth-order valence-corrected chi connectivity index (χ4v) is 4.74. The molecule has 8 nitrogen and oxygen atoms in total. The minimum absolute atomic E-state index is 0.0716. The molecule has 0 spiro atoms. The molecule has 3 aliphatic rings. The third-order valence-corrected chi connectivity index (χ3v) is 6.20. The minimum Gasteiger partial charge on any atom is -0.379 e. The van der Waals surface area contributed by atoms with Crippen molar-refractivity contribution >= 4 is 17.3 Å². The van der Waals surface area contributed by atoms with E-state index < -0.39 is 0 Å². The van der Waals surface area contributed by atoms with Gasteiger partial charge in [-0.25, -0.2) is 0 Å². The Morgan fingerprint density at radius 1 is 1.25 bits per heavy atom. The van der Waals surface area contributed by atoms with Crippen molar-refractivity contribution in [2.24, 2.45) is 5.92 Å². The number of amides is 1. The molecule has 0 aliphatic carbocycles. The number of rotatable bonds is 5. The van der Waals surface area contributed by atoms with Crippen molar-refractivity contribution in [2.45, 2.75) is 31.7 Å². The number of piperidine rings is 1. The van der Waals surface area contributed by atoms with Crippen LogP contribution in [0.1, 0.15) is 24.8 Å². The number of ether oxygens (including phenoxy) is 1. The van der Waals surface area contributed by atoms with E-state index in [1.807, 2.05) is 6.07 Å². The van der Waals surface area contributed by atoms with Gasteiger partial charge in [0.2, 0.25) is 5.91 Å². The number of benzene rings is 1. The monoisotopic (exact) mass is 388 g/mol. The second-order valence-corrected chi connectivity index (χ2v) is 7.88. The van der Waals surface area contributed by atoms with Crippen LogP contribution in [0.15, 0.2) is 18.2 Å². The molecule has 0 aromatic heterocycles. The van der Waals surface area contributed by atoms with Crippen molar-refractivity contribution in [1.29, 1.82) is 0 Å². The molecule has 2 atom stereocenters. The molecular weight excluding hydrogens is 360 g/mol. The number of hydrogen-bond donors (Lipinski definition) is 1. The SMILES string of the molecule is O=C(NCCN1CCOCC1)[C@@H]1Cc2cc([N+](=O)[O-])ccc2N2CCCC[C@H]12. The maximum absolute atomic E-state index is 13.0. The zero-order chi connectivity index (χ0) is 19.5. The predicted molar refractivity (Wildman–Crippen MR) is 106 cm³/mol. The van der Waals surface area contributed by atoms with Gasteiger partial charge in [-0.15, -0.1) is 0 Å². The number of nitro benzene ring substituents is 1. The summed E-state index contributed by atoms with van der Waals surface area (Å²) in [5, 5.41) is 14.3. The Hall–Kier alpha value is -2.19. The molecule has 2 saturated heterocycles. The molecule has 0 radical (unpaired) electrons. The maximum atomic E-state index is 13.0. The number of nitro groups is 1. The van der Waals surface area contributed by atoms with Gasteiger partial charge in [-0.2, -0.15) is 0 Å². The van der Waals surface area contributed by atoms with E-state index in [9.17, 15) is 14.9 Å². The van der Waals surface area contributed by atoms with Crippen LogP contribution in [0.3, 0.4) is 0 Å². The molecule has 3 aliphatic heterocycles. The van der Waals surface area contributed by atoms with E-state index in [1.54, 1.807) is 12.1 Å². The largest absolute Gasteiger partial charge is 0.379 e. The standard InChI is InChI=1S/C20H28N4O4/c25-20(21-6-8-22-9-11-28-12-10-22)17-14-15-13-16(24(26)27)4-5-18(15)23-7-2-1-3-19(17)23/h4-5,13,17,19H,1-3,6-12,14H2,(H,21,25)/t17-,19-/m1/s1. The van der Waals surface area contributed by atoms with Gasteiger partial charge >= 0.3 is 0 Å². The maximum Gasteiger partial charge on any atom is 0.269 e. The summed E-state index contributed by atoms with van der Waals surface area (Å²) in [6.07, 6.45) is 3.79. The third kappa shape index (κ3) is 3.98. The summed E-state index contributed by atoms with van der Waals surface area (Å²) in [6.45, 7) is 5.70. The normalized spacial score (nSPS) is 24.9. The fourth-order valence-electron chi connectivity index (χ4n) is 4.74. The predicted octanol–water partition coefficient (Wildman–Crippen LogP) is 1.57. The van der Waals surface area contributed by atoms with Gasteiger partial charge in [-0.05, 0) is 37.3 Å². The zero-order valence-corrected chi connectivity index (χ0v) is 16.1. The third-order valence-electron chi connectivity index (χ3n) is 6.20. The van der Waals surface area contributed by atoms with Crippen molar-refractivity contribution in [3.8, 4) is 0 Å². The number of morpholine rings is 1. The Kier molecular flexibility index (Phi) is 5.77. The van der Waals surface area contributed by atoms with E-state index in [0.29, 0.717) is 13.0 Å². The summed E-state index contributed by atoms with van der Waals surface area (Å²) >= 11 is 0. The highest BCUT2D eigenvalue weighted by molar-refractivity contribution is 5.82. The first-order chi connectivity index (χ1) is 13.6. The van der Waals surface area contributed by atoms with Gasteiger partial charge in [-0.3, -0.25) is 19.8 Å². The van der Waals surface area contributed by atoms with Crippen LogP contribution in [-0.4, -0.2) is 67.7 Å². The summed E-state index contributed by atoms with van der Waals surface area (Å²) in [7, 11) is 0. The highest BCUT2D eigenvalue weighted by Crippen LogP contribution is 2.39. The molecule has 3 heterocycles. The van der Waals surface area contributed by atoms with Gasteiger partial charge in [0, 0.05) is 56.6 Å². The molecular formula is C20H28N4O4. The van der Waals surface area contributed by atoms with Gasteiger partial charge < -0.3 is 15.0 Å². The van der Waals surface area contributed by atoms with Crippen LogP contribution in [0.5, 0.6) is 0 Å². The number of hydrogen-bond acceptors (Lipinski definition) is 6. The minimum atomic E-state index is -0.361. The highest BCUT2D eigenvalue weighted by Gasteiger charge is 2.39. The molecule has 152 valence electrons. The van der Waals surface area contributed by atoms with Crippen LogP contribution in [0.4, 0.5) is 11.4 Å². The lowest BCUT2D eigenvalue weighted by Crippen LogP contribution is -2.53. The molecule has 0 bridgehead atoms. The van der Waals surface area contributed by atoms with Gasteiger partial charge in [0.25, 0.3) is 5.69 Å². The molecule has 0 saturated carbocycles. The van der Waals surface area contributed by atoms with E-state index in [1.165, 1.54) is 0 Å². The highest BCUT2D eigenvalue weighted by atomic mass is 16.6. The number of non-ortho nitro benzene ring substituents is 1. The second-order valence-electron chi connectivity index (χ2n) is 7.88. The molecule has 28 heavy (non-hydrogen) atoms. The van der Waals surface area contributed by atoms with E-state index >= 15 is 0 Å². The van der Waals surface area contributed by atoms with Crippen molar-refractivity contribution in [3.05, 3.63) is 33.9 Å². The van der Waals surface area contributed by atoms with Crippen molar-refractivity contribution in [1.82, 2.24) is 10.2 Å². The van der Waals surface area contributed by atoms with Crippen LogP contribution in [0, 0.1) is 16.0 Å². The number of carbonyl (C=O) groups excluding carboxylic acids is 1. The lowest BCUT2D eigenvalue weighted by Gasteiger charge is -2.46. The number of nitrogens with one attached hydrogen (secondary N) is 1. The first kappa shape index (κ1) is 19.1. The molecule has 1 N–H and O–H groups in total. The first-order valence-corrected chi connectivity index (χ1v) is 10.3. The Balaban J connectivity index is 1.45. The van der Waals surface area contributed by atoms with E-state index in [-0.39, 0.29) is 28.5 Å². The Labute approximate surface area is 165 Å². The van der Waals surface area contributed by atoms with Gasteiger partial charge in [0.15, 0.2) is 0 Å². The van der Waals surface area contributed by atoms with Crippen LogP contribution < -0.4 is 10.2 Å². The van der Waals surface area contributed by atoms with Gasteiger partial charge in [-0.1, -0.05) is 0 Å². The zero-order valence-electron chi connectivity index (χ0n) is 16.1. The first-order valence-electron chi connectivity index (χ1n) is 10.3. The summed E-state index contributed by atoms with van der Waals surface area (Å²) < 4.78 is 5.36. The van der Waals surface area contributed by atoms with E-state index in [0.717, 1.165) is 69.9 Å². The van der Waals surface area contributed by atoms with Gasteiger partial charge in [0.05, 0.1) is 24.1 Å². The summed E-state index contributed by atoms with van der Waals surface area (Å²) in [5.74, 6) is -0.0817. The Morgan fingerprint density at radius 2 is 2.07 bits per heavy atom. The average Bonchev–Trinajstić information content (AvgIpc) is 2.73. The number of nitrogens with zero attached hydrogens (tertiary/aromatic N) is 3. The summed E-state index contributed by atoms with van der Waals surface area (Å²) in [4.78, 5) is 28.4. The van der Waals surface area contributed by atoms with Gasteiger partial charge in [0.1, 0.15) is 0 Å². The van der Waals surface area contributed by atoms with Crippen molar-refractivity contribution in [2.75, 3.05) is 50.8 Å². The fraction of sp³-hybridized carbons (Fsp3) is 0.650. The molecule has 1 amide bonds. The number of carbonyl (C=O) groups is 1. The second kappa shape index (κ2) is 8.45. The van der Waals surface area contributed by atoms with Crippen molar-refractivity contribution < 1.29 is 14.5 Å². The number of fused-ring (bicyclic) bond motifs is 3. The quantitative estimate of drug-likeness (QED) is 0.609. The average molecular weight is 388 g/mol. The molecule has 4 rings (SSSR count). The molecule has 0 unspecified atom stereocenters. The lowest BCUT2D eigenvalue weighted by molar-refractivity contribution is -0.384. The van der Waals surface area contributed by atoms with E-state index in [4.69, 9.17) is 4.74 Å². The summed E-state index contributed by atoms with van der Waals surface area (Å²) in [6, 6.07) is 5.27. The Bertz CT molecular complexity index is 735. The topological polar surface area (TPSA) is 88.0 Å². The molecule has 2 fully saturated rings. The van der Waals surface area contributed by atoms with E-state index in [2.05, 4.69) is 15.1 Å². The van der Waals surface area contributed by atoms with Crippen molar-refractivity contribution in [3.63, 3.8) is 0 Å². The lowest BCUT2D eigenvalue weighted by atomic mass is 9.80. The molecule has 1 aromatic rings. The molecule has 1 aromatic carbocycles. The molecule has 8 heteroatoms. The van der Waals surface area contributed by atoms with Crippen LogP contribution in [-0.2, 0) is 16.0 Å². The van der Waals surface area contributed by atoms with Crippen LogP contribution >= 0.6 is 0 Å². The smallest absolute Gasteiger partial charge is 0.269 e. The van der Waals surface area contributed by atoms with Crippen LogP contribution in [0.25, 0.3) is 0 Å². The summed E-state index contributed by atoms with van der Waals surface area (Å²) in [5.41, 5.74) is 2.08.